The summed E-state index contributed by atoms with van der Waals surface area (Å²) in [6.07, 6.45) is 4.94. The largest absolute Gasteiger partial charge is 0.370 e. The van der Waals surface area contributed by atoms with E-state index in [1.807, 2.05) is 24.3 Å². The van der Waals surface area contributed by atoms with Gasteiger partial charge in [-0.1, -0.05) is 36.4 Å². The average Bonchev–Trinajstić information content (AvgIpc) is 2.46. The molecule has 1 aliphatic rings. The van der Waals surface area contributed by atoms with E-state index in [4.69, 9.17) is 5.73 Å². The van der Waals surface area contributed by atoms with Gasteiger partial charge in [0, 0.05) is 17.6 Å². The molecule has 3 nitrogen and oxygen atoms in total. The second kappa shape index (κ2) is 7.29. The molecule has 0 saturated carbocycles. The molecule has 1 aliphatic heterocycles. The molecule has 1 amide bonds. The molecule has 106 valence electrons. The Hall–Kier alpha value is -1.55. The third-order valence-electron chi connectivity index (χ3n) is 3.60. The van der Waals surface area contributed by atoms with Crippen LogP contribution >= 0.6 is 11.8 Å². The van der Waals surface area contributed by atoms with Gasteiger partial charge in [-0.3, -0.25) is 4.79 Å². The number of hydrogen-bond acceptors (Lipinski definition) is 3. The van der Waals surface area contributed by atoms with Crippen molar-refractivity contribution in [1.82, 2.24) is 0 Å². The summed E-state index contributed by atoms with van der Waals surface area (Å²) in [5, 5.41) is 2.50. The number of aldehydes is 1. The third-order valence-corrected chi connectivity index (χ3v) is 4.66. The predicted octanol–water partition coefficient (Wildman–Crippen LogP) is 2.56. The molecule has 0 saturated heterocycles. The normalized spacial score (nSPS) is 23.2. The molecule has 1 aromatic carbocycles. The zero-order valence-corrected chi connectivity index (χ0v) is 12.1. The Morgan fingerprint density at radius 1 is 1.40 bits per heavy atom. The van der Waals surface area contributed by atoms with Gasteiger partial charge in [0.25, 0.3) is 0 Å². The quantitative estimate of drug-likeness (QED) is 0.819. The average molecular weight is 289 g/mol. The Balaban J connectivity index is 1.97. The summed E-state index contributed by atoms with van der Waals surface area (Å²) in [4.78, 5) is 22.2. The van der Waals surface area contributed by atoms with Crippen molar-refractivity contribution in [3.63, 3.8) is 0 Å². The molecular formula is C16H19NO2S. The standard InChI is InChI=1S/C16H19NO2S/c17-16(19)10-14(11-18)13-6-7-20-15(9-13)8-12-4-2-1-3-5-12/h1-7,11,13-15H,8-10H2,(H2,17,19). The summed E-state index contributed by atoms with van der Waals surface area (Å²) in [5.41, 5.74) is 6.51. The highest BCUT2D eigenvalue weighted by Crippen LogP contribution is 2.34. The van der Waals surface area contributed by atoms with Crippen LogP contribution < -0.4 is 5.73 Å². The summed E-state index contributed by atoms with van der Waals surface area (Å²) < 4.78 is 0. The molecule has 2 rings (SSSR count). The van der Waals surface area contributed by atoms with Gasteiger partial charge >= 0.3 is 0 Å². The number of carbonyl (C=O) groups excluding carboxylic acids is 2. The molecule has 0 spiro atoms. The van der Waals surface area contributed by atoms with E-state index in [-0.39, 0.29) is 18.3 Å². The number of nitrogens with two attached hydrogens (primary N) is 1. The van der Waals surface area contributed by atoms with Crippen molar-refractivity contribution < 1.29 is 9.59 Å². The minimum atomic E-state index is -0.409. The van der Waals surface area contributed by atoms with Crippen molar-refractivity contribution in [2.75, 3.05) is 0 Å². The van der Waals surface area contributed by atoms with Crippen LogP contribution in [0.5, 0.6) is 0 Å². The highest BCUT2D eigenvalue weighted by molar-refractivity contribution is 8.02. The lowest BCUT2D eigenvalue weighted by Gasteiger charge is -2.27. The van der Waals surface area contributed by atoms with Gasteiger partial charge in [-0.25, -0.2) is 0 Å². The maximum absolute atomic E-state index is 11.2. The van der Waals surface area contributed by atoms with Crippen LogP contribution in [0.3, 0.4) is 0 Å². The molecular weight excluding hydrogens is 270 g/mol. The van der Waals surface area contributed by atoms with Gasteiger partial charge in [0.1, 0.15) is 6.29 Å². The Morgan fingerprint density at radius 3 is 2.80 bits per heavy atom. The van der Waals surface area contributed by atoms with Gasteiger partial charge in [-0.2, -0.15) is 0 Å². The van der Waals surface area contributed by atoms with E-state index in [0.29, 0.717) is 5.25 Å². The first kappa shape index (κ1) is 14.9. The van der Waals surface area contributed by atoms with Crippen molar-refractivity contribution >= 4 is 24.0 Å². The van der Waals surface area contributed by atoms with Crippen molar-refractivity contribution in [2.45, 2.75) is 24.5 Å². The number of benzene rings is 1. The minimum absolute atomic E-state index is 0.120. The number of thioether (sulfide) groups is 1. The summed E-state index contributed by atoms with van der Waals surface area (Å²) >= 11 is 1.80. The zero-order valence-electron chi connectivity index (χ0n) is 11.3. The SMILES string of the molecule is NC(=O)CC(C=O)C1C=CSC(Cc2ccccc2)C1. The lowest BCUT2D eigenvalue weighted by molar-refractivity contribution is -0.122. The van der Waals surface area contributed by atoms with Crippen LogP contribution in [-0.2, 0) is 16.0 Å². The lowest BCUT2D eigenvalue weighted by Crippen LogP contribution is -2.26. The van der Waals surface area contributed by atoms with Gasteiger partial charge in [0.05, 0.1) is 0 Å². The predicted molar refractivity (Wildman–Crippen MR) is 82.1 cm³/mol. The first-order chi connectivity index (χ1) is 9.69. The highest BCUT2D eigenvalue weighted by Gasteiger charge is 2.26. The smallest absolute Gasteiger partial charge is 0.218 e. The van der Waals surface area contributed by atoms with Gasteiger partial charge in [-0.05, 0) is 29.7 Å². The molecule has 0 radical (unpaired) electrons. The van der Waals surface area contributed by atoms with Crippen LogP contribution in [0.15, 0.2) is 41.8 Å². The zero-order chi connectivity index (χ0) is 14.4. The first-order valence-electron chi connectivity index (χ1n) is 6.78. The number of hydrogen-bond donors (Lipinski definition) is 1. The lowest BCUT2D eigenvalue weighted by atomic mass is 9.85. The fraction of sp³-hybridized carbons (Fsp3) is 0.375. The first-order valence-corrected chi connectivity index (χ1v) is 7.73. The van der Waals surface area contributed by atoms with E-state index < -0.39 is 5.91 Å². The van der Waals surface area contributed by atoms with Crippen LogP contribution in [-0.4, -0.2) is 17.4 Å². The molecule has 4 heteroatoms. The molecule has 3 atom stereocenters. The number of rotatable bonds is 6. The fourth-order valence-corrected chi connectivity index (χ4v) is 3.69. The van der Waals surface area contributed by atoms with Gasteiger partial charge in [0.15, 0.2) is 0 Å². The summed E-state index contributed by atoms with van der Waals surface area (Å²) in [5.74, 6) is -0.578. The minimum Gasteiger partial charge on any atom is -0.370 e. The summed E-state index contributed by atoms with van der Waals surface area (Å²) in [6, 6.07) is 10.3. The molecule has 1 heterocycles. The van der Waals surface area contributed by atoms with E-state index in [1.54, 1.807) is 11.8 Å². The monoisotopic (exact) mass is 289 g/mol. The molecule has 0 fully saturated rings. The van der Waals surface area contributed by atoms with E-state index in [0.717, 1.165) is 19.1 Å². The van der Waals surface area contributed by atoms with Crippen molar-refractivity contribution in [3.05, 3.63) is 47.4 Å². The molecule has 0 aliphatic carbocycles. The van der Waals surface area contributed by atoms with Crippen LogP contribution in [0.1, 0.15) is 18.4 Å². The molecule has 2 N–H and O–H groups in total. The van der Waals surface area contributed by atoms with Crippen LogP contribution in [0.4, 0.5) is 0 Å². The van der Waals surface area contributed by atoms with Crippen molar-refractivity contribution in [3.8, 4) is 0 Å². The maximum atomic E-state index is 11.2. The van der Waals surface area contributed by atoms with Gasteiger partial charge in [-0.15, -0.1) is 11.8 Å². The molecule has 1 aromatic rings. The molecule has 0 aromatic heterocycles. The third kappa shape index (κ3) is 4.23. The van der Waals surface area contributed by atoms with E-state index in [9.17, 15) is 9.59 Å². The Kier molecular flexibility index (Phi) is 5.41. The van der Waals surface area contributed by atoms with Crippen LogP contribution in [0.25, 0.3) is 0 Å². The van der Waals surface area contributed by atoms with Gasteiger partial charge in [0.2, 0.25) is 5.91 Å². The van der Waals surface area contributed by atoms with E-state index >= 15 is 0 Å². The topological polar surface area (TPSA) is 60.2 Å². The van der Waals surface area contributed by atoms with Crippen molar-refractivity contribution in [1.29, 1.82) is 0 Å². The van der Waals surface area contributed by atoms with Crippen molar-refractivity contribution in [2.24, 2.45) is 17.6 Å². The number of primary amides is 1. The van der Waals surface area contributed by atoms with E-state index in [2.05, 4.69) is 17.5 Å². The van der Waals surface area contributed by atoms with Gasteiger partial charge < -0.3 is 10.5 Å². The summed E-state index contributed by atoms with van der Waals surface area (Å²) in [6.45, 7) is 0. The molecule has 0 bridgehead atoms. The molecule has 3 unspecified atom stereocenters. The number of allylic oxidation sites excluding steroid dienone is 1. The van der Waals surface area contributed by atoms with E-state index in [1.165, 1.54) is 5.56 Å². The molecule has 20 heavy (non-hydrogen) atoms. The summed E-state index contributed by atoms with van der Waals surface area (Å²) in [7, 11) is 0. The maximum Gasteiger partial charge on any atom is 0.218 e. The second-order valence-corrected chi connectivity index (χ2v) is 6.36. The number of amides is 1. The van der Waals surface area contributed by atoms with Crippen LogP contribution in [0.2, 0.25) is 0 Å². The Labute approximate surface area is 123 Å². The second-order valence-electron chi connectivity index (χ2n) is 5.15. The Bertz CT molecular complexity index is 487. The number of carbonyl (C=O) groups is 2. The van der Waals surface area contributed by atoms with Crippen LogP contribution in [0, 0.1) is 11.8 Å². The highest BCUT2D eigenvalue weighted by atomic mass is 32.2. The Morgan fingerprint density at radius 2 is 2.15 bits per heavy atom. The fourth-order valence-electron chi connectivity index (χ4n) is 2.55.